The first kappa shape index (κ1) is 15.8. The van der Waals surface area contributed by atoms with Crippen molar-refractivity contribution in [3.63, 3.8) is 0 Å². The van der Waals surface area contributed by atoms with Crippen molar-refractivity contribution in [1.82, 2.24) is 0 Å². The Hall–Kier alpha value is -1.55. The maximum Gasteiger partial charge on any atom is 0.312 e. The smallest absolute Gasteiger partial charge is 0.312 e. The molecule has 21 heavy (non-hydrogen) atoms. The average molecular weight is 292 g/mol. The molecule has 0 aliphatic heterocycles. The molecule has 4 heteroatoms. The number of esters is 1. The molecule has 0 saturated carbocycles. The van der Waals surface area contributed by atoms with Gasteiger partial charge in [0.25, 0.3) is 0 Å². The lowest BCUT2D eigenvalue weighted by Gasteiger charge is -2.41. The van der Waals surface area contributed by atoms with Gasteiger partial charge in [0.2, 0.25) is 0 Å². The molecule has 0 amide bonds. The molecule has 2 unspecified atom stereocenters. The van der Waals surface area contributed by atoms with E-state index in [1.807, 2.05) is 32.0 Å². The molecule has 116 valence electrons. The molecule has 1 N–H and O–H groups in total. The van der Waals surface area contributed by atoms with Gasteiger partial charge in [-0.2, -0.15) is 0 Å². The predicted molar refractivity (Wildman–Crippen MR) is 80.2 cm³/mol. The van der Waals surface area contributed by atoms with E-state index < -0.39 is 11.5 Å². The molecule has 1 aliphatic carbocycles. The first-order valence-electron chi connectivity index (χ1n) is 7.41. The Balaban J connectivity index is 2.51. The highest BCUT2D eigenvalue weighted by Crippen LogP contribution is 2.44. The van der Waals surface area contributed by atoms with Gasteiger partial charge in [0, 0.05) is 0 Å². The molecule has 0 radical (unpaired) electrons. The van der Waals surface area contributed by atoms with Gasteiger partial charge in [0.05, 0.1) is 20.1 Å². The number of aliphatic hydroxyl groups is 1. The average Bonchev–Trinajstić information content (AvgIpc) is 2.46. The van der Waals surface area contributed by atoms with E-state index >= 15 is 0 Å². The monoisotopic (exact) mass is 292 g/mol. The van der Waals surface area contributed by atoms with Crippen LogP contribution >= 0.6 is 0 Å². The van der Waals surface area contributed by atoms with Gasteiger partial charge in [-0.25, -0.2) is 0 Å². The Morgan fingerprint density at radius 3 is 2.62 bits per heavy atom. The predicted octanol–water partition coefficient (Wildman–Crippen LogP) is 2.66. The molecule has 0 spiro atoms. The van der Waals surface area contributed by atoms with E-state index in [4.69, 9.17) is 9.47 Å². The second-order valence-corrected chi connectivity index (χ2v) is 6.05. The zero-order valence-electron chi connectivity index (χ0n) is 13.2. The summed E-state index contributed by atoms with van der Waals surface area (Å²) in [5.74, 6) is -0.140. The first-order valence-corrected chi connectivity index (χ1v) is 7.41. The van der Waals surface area contributed by atoms with Crippen LogP contribution in [0.2, 0.25) is 0 Å². The lowest BCUT2D eigenvalue weighted by atomic mass is 9.68. The summed E-state index contributed by atoms with van der Waals surface area (Å²) in [6.45, 7) is 3.88. The third kappa shape index (κ3) is 2.77. The van der Waals surface area contributed by atoms with Gasteiger partial charge in [0.1, 0.15) is 11.4 Å². The summed E-state index contributed by atoms with van der Waals surface area (Å²) in [6, 6.07) is 5.67. The molecule has 2 rings (SSSR count). The van der Waals surface area contributed by atoms with Gasteiger partial charge in [-0.15, -0.1) is 0 Å². The second kappa shape index (κ2) is 6.06. The van der Waals surface area contributed by atoms with Crippen LogP contribution in [0.3, 0.4) is 0 Å². The van der Waals surface area contributed by atoms with Gasteiger partial charge in [-0.1, -0.05) is 19.9 Å². The molecule has 1 aromatic rings. The summed E-state index contributed by atoms with van der Waals surface area (Å²) in [6.07, 6.45) is 2.31. The number of fused-ring (bicyclic) bond motifs is 1. The zero-order chi connectivity index (χ0) is 15.6. The minimum atomic E-state index is -1.17. The molecular weight excluding hydrogens is 268 g/mol. The van der Waals surface area contributed by atoms with Crippen molar-refractivity contribution in [2.24, 2.45) is 11.8 Å². The van der Waals surface area contributed by atoms with E-state index in [0.29, 0.717) is 6.42 Å². The van der Waals surface area contributed by atoms with Gasteiger partial charge in [-0.3, -0.25) is 4.79 Å². The third-order valence-corrected chi connectivity index (χ3v) is 4.42. The van der Waals surface area contributed by atoms with Gasteiger partial charge in [-0.05, 0) is 48.4 Å². The first-order chi connectivity index (χ1) is 9.93. The normalized spacial score (nSPS) is 22.6. The second-order valence-electron chi connectivity index (χ2n) is 6.05. The van der Waals surface area contributed by atoms with Crippen molar-refractivity contribution < 1.29 is 19.4 Å². The summed E-state index contributed by atoms with van der Waals surface area (Å²) < 4.78 is 10.2. The topological polar surface area (TPSA) is 55.8 Å². The Kier molecular flexibility index (Phi) is 4.57. The van der Waals surface area contributed by atoms with Crippen LogP contribution in [-0.2, 0) is 21.6 Å². The minimum absolute atomic E-state index is 0.00417. The van der Waals surface area contributed by atoms with Crippen molar-refractivity contribution in [1.29, 1.82) is 0 Å². The highest BCUT2D eigenvalue weighted by Gasteiger charge is 2.47. The highest BCUT2D eigenvalue weighted by atomic mass is 16.5. The molecule has 0 bridgehead atoms. The summed E-state index contributed by atoms with van der Waals surface area (Å²) in [4.78, 5) is 12.2. The van der Waals surface area contributed by atoms with Crippen molar-refractivity contribution in [2.45, 2.75) is 38.7 Å². The van der Waals surface area contributed by atoms with Crippen LogP contribution in [0.25, 0.3) is 0 Å². The number of rotatable bonds is 4. The number of benzene rings is 1. The summed E-state index contributed by atoms with van der Waals surface area (Å²) in [5.41, 5.74) is 0.720. The lowest BCUT2D eigenvalue weighted by molar-refractivity contribution is -0.162. The van der Waals surface area contributed by atoms with Crippen LogP contribution in [0.1, 0.15) is 37.8 Å². The Bertz CT molecular complexity index is 524. The number of carbonyl (C=O) groups excluding carboxylic acids is 1. The van der Waals surface area contributed by atoms with Crippen LogP contribution in [0, 0.1) is 11.8 Å². The Labute approximate surface area is 126 Å². The van der Waals surface area contributed by atoms with Crippen molar-refractivity contribution in [2.75, 3.05) is 14.2 Å². The van der Waals surface area contributed by atoms with Crippen molar-refractivity contribution >= 4 is 5.97 Å². The van der Waals surface area contributed by atoms with E-state index in [2.05, 4.69) is 0 Å². The molecule has 0 aromatic heterocycles. The molecule has 0 fully saturated rings. The Morgan fingerprint density at radius 2 is 2.05 bits per heavy atom. The molecule has 1 aliphatic rings. The van der Waals surface area contributed by atoms with Crippen LogP contribution in [0.5, 0.6) is 5.75 Å². The van der Waals surface area contributed by atoms with Crippen molar-refractivity contribution in [3.8, 4) is 5.75 Å². The molecular formula is C17H24O4. The summed E-state index contributed by atoms with van der Waals surface area (Å²) >= 11 is 0. The van der Waals surface area contributed by atoms with E-state index in [1.165, 1.54) is 7.11 Å². The van der Waals surface area contributed by atoms with Gasteiger partial charge >= 0.3 is 5.97 Å². The quantitative estimate of drug-likeness (QED) is 0.867. The van der Waals surface area contributed by atoms with Crippen molar-refractivity contribution in [3.05, 3.63) is 29.3 Å². The molecule has 1 aromatic carbocycles. The fourth-order valence-electron chi connectivity index (χ4n) is 3.48. The molecule has 4 nitrogen and oxygen atoms in total. The SMILES string of the molecule is COC(=O)C(C(C)C)C1(O)CCCc2cc(OC)ccc21. The van der Waals surface area contributed by atoms with Gasteiger partial charge in [0.15, 0.2) is 0 Å². The van der Waals surface area contributed by atoms with Crippen LogP contribution in [-0.4, -0.2) is 25.3 Å². The molecule has 0 saturated heterocycles. The summed E-state index contributed by atoms with van der Waals surface area (Å²) in [7, 11) is 3.00. The fourth-order valence-corrected chi connectivity index (χ4v) is 3.48. The van der Waals surface area contributed by atoms with E-state index in [-0.39, 0.29) is 11.9 Å². The standard InChI is InChI=1S/C17H24O4/c1-11(2)15(16(18)21-4)17(19)9-5-6-12-10-13(20-3)7-8-14(12)17/h7-8,10-11,15,19H,5-6,9H2,1-4H3. The maximum atomic E-state index is 12.2. The number of hydrogen-bond donors (Lipinski definition) is 1. The fraction of sp³-hybridized carbons (Fsp3) is 0.588. The van der Waals surface area contributed by atoms with E-state index in [1.54, 1.807) is 7.11 Å². The third-order valence-electron chi connectivity index (χ3n) is 4.42. The zero-order valence-corrected chi connectivity index (χ0v) is 13.2. The number of hydrogen-bond acceptors (Lipinski definition) is 4. The number of aryl methyl sites for hydroxylation is 1. The molecule has 2 atom stereocenters. The maximum absolute atomic E-state index is 12.2. The highest BCUT2D eigenvalue weighted by molar-refractivity contribution is 5.74. The van der Waals surface area contributed by atoms with Gasteiger partial charge < -0.3 is 14.6 Å². The minimum Gasteiger partial charge on any atom is -0.497 e. The van der Waals surface area contributed by atoms with Crippen LogP contribution < -0.4 is 4.74 Å². The number of ether oxygens (including phenoxy) is 2. The molecule has 0 heterocycles. The number of methoxy groups -OCH3 is 2. The Morgan fingerprint density at radius 1 is 1.33 bits per heavy atom. The lowest BCUT2D eigenvalue weighted by Crippen LogP contribution is -2.45. The summed E-state index contributed by atoms with van der Waals surface area (Å²) in [5, 5.41) is 11.3. The number of carbonyl (C=O) groups is 1. The van der Waals surface area contributed by atoms with Crippen LogP contribution in [0.15, 0.2) is 18.2 Å². The van der Waals surface area contributed by atoms with E-state index in [0.717, 1.165) is 29.7 Å². The van der Waals surface area contributed by atoms with E-state index in [9.17, 15) is 9.90 Å². The van der Waals surface area contributed by atoms with Crippen LogP contribution in [0.4, 0.5) is 0 Å². The largest absolute Gasteiger partial charge is 0.497 e.